The fourth-order valence-electron chi connectivity index (χ4n) is 2.06. The summed E-state index contributed by atoms with van der Waals surface area (Å²) in [6.07, 6.45) is 0. The van der Waals surface area contributed by atoms with Gasteiger partial charge in [-0.1, -0.05) is 35.3 Å². The van der Waals surface area contributed by atoms with Gasteiger partial charge in [-0.2, -0.15) is 0 Å². The lowest BCUT2D eigenvalue weighted by Gasteiger charge is -2.29. The van der Waals surface area contributed by atoms with Crippen LogP contribution >= 0.6 is 39.1 Å². The maximum absolute atomic E-state index is 13.1. The van der Waals surface area contributed by atoms with Crippen LogP contribution in [0.15, 0.2) is 51.8 Å². The summed E-state index contributed by atoms with van der Waals surface area (Å²) >= 11 is 15.1. The molecule has 0 fully saturated rings. The first-order valence-electron chi connectivity index (χ1n) is 6.63. The van der Waals surface area contributed by atoms with E-state index in [2.05, 4.69) is 15.9 Å². The summed E-state index contributed by atoms with van der Waals surface area (Å²) < 4.78 is 27.4. The van der Waals surface area contributed by atoms with Gasteiger partial charge >= 0.3 is 5.97 Å². The van der Waals surface area contributed by atoms with Crippen LogP contribution in [-0.4, -0.2) is 25.5 Å². The lowest BCUT2D eigenvalue weighted by Crippen LogP contribution is -2.43. The average molecular weight is 453 g/mol. The molecule has 0 heterocycles. The summed E-state index contributed by atoms with van der Waals surface area (Å²) in [5.74, 6) is -1.30. The van der Waals surface area contributed by atoms with Gasteiger partial charge in [-0.3, -0.25) is 4.31 Å². The van der Waals surface area contributed by atoms with Crippen molar-refractivity contribution in [3.05, 3.63) is 57.0 Å². The van der Waals surface area contributed by atoms with Crippen LogP contribution in [0, 0.1) is 0 Å². The molecule has 2 aromatic rings. The fraction of sp³-hybridized carbons (Fsp3) is 0.133. The SMILES string of the molecule is CC(C(=O)O)N(c1ccccc1Br)S(=O)(=O)c1cc(Cl)ccc1Cl. The lowest BCUT2D eigenvalue weighted by molar-refractivity contribution is -0.137. The van der Waals surface area contributed by atoms with Crippen LogP contribution in [0.4, 0.5) is 5.69 Å². The monoisotopic (exact) mass is 451 g/mol. The number of carboxylic acids is 1. The molecule has 0 bridgehead atoms. The molecule has 5 nitrogen and oxygen atoms in total. The zero-order chi connectivity index (χ0) is 18.1. The van der Waals surface area contributed by atoms with Crippen molar-refractivity contribution in [2.75, 3.05) is 4.31 Å². The molecule has 9 heteroatoms. The van der Waals surface area contributed by atoms with E-state index in [1.165, 1.54) is 31.2 Å². The van der Waals surface area contributed by atoms with E-state index >= 15 is 0 Å². The van der Waals surface area contributed by atoms with Gasteiger partial charge in [-0.15, -0.1) is 0 Å². The molecular formula is C15H12BrCl2NO4S. The molecule has 0 radical (unpaired) electrons. The Hall–Kier alpha value is -1.28. The molecule has 2 rings (SSSR count). The number of carboxylic acid groups (broad SMARTS) is 1. The molecule has 1 atom stereocenters. The van der Waals surface area contributed by atoms with E-state index in [9.17, 15) is 18.3 Å². The lowest BCUT2D eigenvalue weighted by atomic mass is 10.2. The number of nitrogens with zero attached hydrogens (tertiary/aromatic N) is 1. The first kappa shape index (κ1) is 19.1. The largest absolute Gasteiger partial charge is 0.480 e. The Balaban J connectivity index is 2.73. The van der Waals surface area contributed by atoms with Crippen molar-refractivity contribution in [1.82, 2.24) is 0 Å². The molecule has 2 aromatic carbocycles. The number of sulfonamides is 1. The Morgan fingerprint density at radius 3 is 2.42 bits per heavy atom. The van der Waals surface area contributed by atoms with E-state index in [-0.39, 0.29) is 20.6 Å². The number of aliphatic carboxylic acids is 1. The van der Waals surface area contributed by atoms with E-state index in [1.54, 1.807) is 18.2 Å². The van der Waals surface area contributed by atoms with Gasteiger partial charge in [-0.25, -0.2) is 13.2 Å². The number of benzene rings is 2. The summed E-state index contributed by atoms with van der Waals surface area (Å²) in [6.45, 7) is 1.28. The van der Waals surface area contributed by atoms with Gasteiger partial charge in [0.15, 0.2) is 0 Å². The number of halogens is 3. The molecule has 0 amide bonds. The maximum atomic E-state index is 13.1. The summed E-state index contributed by atoms with van der Waals surface area (Å²) in [5, 5.41) is 9.49. The van der Waals surface area contributed by atoms with Crippen LogP contribution in [0.5, 0.6) is 0 Å². The van der Waals surface area contributed by atoms with Crippen LogP contribution in [0.1, 0.15) is 6.92 Å². The highest BCUT2D eigenvalue weighted by Crippen LogP contribution is 2.35. The molecule has 0 aromatic heterocycles. The minimum Gasteiger partial charge on any atom is -0.480 e. The van der Waals surface area contributed by atoms with E-state index in [0.29, 0.717) is 4.47 Å². The van der Waals surface area contributed by atoms with Crippen molar-refractivity contribution in [3.8, 4) is 0 Å². The predicted molar refractivity (Wildman–Crippen MR) is 97.4 cm³/mol. The Morgan fingerprint density at radius 2 is 1.83 bits per heavy atom. The molecular weight excluding hydrogens is 441 g/mol. The molecule has 128 valence electrons. The summed E-state index contributed by atoms with van der Waals surface area (Å²) in [6, 6.07) is 9.05. The Labute approximate surface area is 158 Å². The van der Waals surface area contributed by atoms with E-state index < -0.39 is 22.0 Å². The zero-order valence-electron chi connectivity index (χ0n) is 12.3. The molecule has 0 saturated heterocycles. The van der Waals surface area contributed by atoms with Crippen molar-refractivity contribution in [3.63, 3.8) is 0 Å². The van der Waals surface area contributed by atoms with Crippen LogP contribution in [0.3, 0.4) is 0 Å². The molecule has 0 spiro atoms. The van der Waals surface area contributed by atoms with Crippen LogP contribution < -0.4 is 4.31 Å². The van der Waals surface area contributed by atoms with Gasteiger partial charge in [0.05, 0.1) is 10.7 Å². The van der Waals surface area contributed by atoms with Crippen molar-refractivity contribution in [1.29, 1.82) is 0 Å². The first-order chi connectivity index (χ1) is 11.2. The number of hydrogen-bond acceptors (Lipinski definition) is 3. The smallest absolute Gasteiger partial charge is 0.327 e. The number of anilines is 1. The molecule has 1 N–H and O–H groups in total. The van der Waals surface area contributed by atoms with Crippen molar-refractivity contribution in [2.24, 2.45) is 0 Å². The van der Waals surface area contributed by atoms with E-state index in [1.807, 2.05) is 0 Å². The summed E-state index contributed by atoms with van der Waals surface area (Å²) in [5.41, 5.74) is 0.184. The normalized spacial score (nSPS) is 12.7. The van der Waals surface area contributed by atoms with Crippen molar-refractivity contribution < 1.29 is 18.3 Å². The van der Waals surface area contributed by atoms with Gasteiger partial charge in [0.2, 0.25) is 0 Å². The molecule has 1 unspecified atom stereocenters. The first-order valence-corrected chi connectivity index (χ1v) is 9.62. The second-order valence-electron chi connectivity index (χ2n) is 4.84. The van der Waals surface area contributed by atoms with Crippen molar-refractivity contribution in [2.45, 2.75) is 17.9 Å². The van der Waals surface area contributed by atoms with E-state index in [0.717, 1.165) is 4.31 Å². The summed E-state index contributed by atoms with van der Waals surface area (Å²) in [4.78, 5) is 11.2. The highest BCUT2D eigenvalue weighted by molar-refractivity contribution is 9.10. The van der Waals surface area contributed by atoms with Crippen molar-refractivity contribution >= 4 is 60.8 Å². The summed E-state index contributed by atoms with van der Waals surface area (Å²) in [7, 11) is -4.27. The number of carbonyl (C=O) groups is 1. The van der Waals surface area contributed by atoms with Gasteiger partial charge in [0.25, 0.3) is 10.0 Å². The van der Waals surface area contributed by atoms with Crippen LogP contribution in [0.2, 0.25) is 10.0 Å². The highest BCUT2D eigenvalue weighted by atomic mass is 79.9. The topological polar surface area (TPSA) is 74.7 Å². The quantitative estimate of drug-likeness (QED) is 0.728. The van der Waals surface area contributed by atoms with Gasteiger partial charge in [0, 0.05) is 9.50 Å². The van der Waals surface area contributed by atoms with Crippen LogP contribution in [0.25, 0.3) is 0 Å². The maximum Gasteiger partial charge on any atom is 0.327 e. The van der Waals surface area contributed by atoms with Gasteiger partial charge < -0.3 is 5.11 Å². The second kappa shape index (κ2) is 7.31. The zero-order valence-corrected chi connectivity index (χ0v) is 16.2. The molecule has 24 heavy (non-hydrogen) atoms. The number of rotatable bonds is 5. The Morgan fingerprint density at radius 1 is 1.21 bits per heavy atom. The fourth-order valence-corrected chi connectivity index (χ4v) is 5.02. The third-order valence-electron chi connectivity index (χ3n) is 3.23. The van der Waals surface area contributed by atoms with Gasteiger partial charge in [0.1, 0.15) is 10.9 Å². The highest BCUT2D eigenvalue weighted by Gasteiger charge is 2.35. The Kier molecular flexibility index (Phi) is 5.80. The molecule has 0 aliphatic carbocycles. The molecule has 0 aliphatic rings. The third kappa shape index (κ3) is 3.69. The van der Waals surface area contributed by atoms with E-state index in [4.69, 9.17) is 23.2 Å². The number of hydrogen-bond donors (Lipinski definition) is 1. The predicted octanol–water partition coefficient (Wildman–Crippen LogP) is 4.42. The minimum atomic E-state index is -4.27. The second-order valence-corrected chi connectivity index (χ2v) is 8.32. The van der Waals surface area contributed by atoms with Gasteiger partial charge in [-0.05, 0) is 53.2 Å². The standard InChI is InChI=1S/C15H12BrCl2NO4S/c1-9(15(20)21)19(13-5-3-2-4-11(13)16)24(22,23)14-8-10(17)6-7-12(14)18/h2-9H,1H3,(H,20,21). The number of para-hydroxylation sites is 1. The molecule has 0 saturated carbocycles. The average Bonchev–Trinajstić information content (AvgIpc) is 2.51. The third-order valence-corrected chi connectivity index (χ3v) is 6.50. The van der Waals surface area contributed by atoms with Crippen LogP contribution in [-0.2, 0) is 14.8 Å². The molecule has 0 aliphatic heterocycles. The Bertz CT molecular complexity index is 889. The minimum absolute atomic E-state index is 0.0472.